The van der Waals surface area contributed by atoms with E-state index in [9.17, 15) is 9.59 Å². The van der Waals surface area contributed by atoms with E-state index < -0.39 is 5.41 Å². The summed E-state index contributed by atoms with van der Waals surface area (Å²) in [6.45, 7) is 3.54. The number of carbonyl (C=O) groups is 2. The summed E-state index contributed by atoms with van der Waals surface area (Å²) in [6.07, 6.45) is 6.58. The topological polar surface area (TPSA) is 71.6 Å². The monoisotopic (exact) mass is 328 g/mol. The fourth-order valence-electron chi connectivity index (χ4n) is 3.82. The first-order valence-electron chi connectivity index (χ1n) is 8.14. The first-order valence-corrected chi connectivity index (χ1v) is 8.14. The molecule has 0 N–H and O–H groups in total. The van der Waals surface area contributed by atoms with Crippen LogP contribution in [0.3, 0.4) is 0 Å². The van der Waals surface area contributed by atoms with Crippen molar-refractivity contribution >= 4 is 17.5 Å². The third-order valence-corrected chi connectivity index (χ3v) is 5.25. The van der Waals surface area contributed by atoms with E-state index in [2.05, 4.69) is 5.10 Å². The molecule has 126 valence electrons. The second-order valence-electron chi connectivity index (χ2n) is 6.73. The molecule has 0 aromatic carbocycles. The number of hydrogen-bond donors (Lipinski definition) is 0. The average Bonchev–Trinajstić information content (AvgIpc) is 3.31. The van der Waals surface area contributed by atoms with Crippen molar-refractivity contribution in [2.24, 2.45) is 12.5 Å². The lowest BCUT2D eigenvalue weighted by Crippen LogP contribution is -2.38. The van der Waals surface area contributed by atoms with E-state index in [0.717, 1.165) is 12.1 Å². The summed E-state index contributed by atoms with van der Waals surface area (Å²) in [5.74, 6) is 0.677. The lowest BCUT2D eigenvalue weighted by atomic mass is 9.85. The summed E-state index contributed by atoms with van der Waals surface area (Å²) in [7, 11) is 1.84. The van der Waals surface area contributed by atoms with Gasteiger partial charge >= 0.3 is 0 Å². The van der Waals surface area contributed by atoms with Gasteiger partial charge in [0.2, 0.25) is 5.91 Å². The molecule has 1 spiro atoms. The zero-order valence-corrected chi connectivity index (χ0v) is 13.9. The molecule has 2 amide bonds. The molecule has 0 saturated carbocycles. The second-order valence-corrected chi connectivity index (χ2v) is 6.73. The Morgan fingerprint density at radius 2 is 2.12 bits per heavy atom. The van der Waals surface area contributed by atoms with Crippen molar-refractivity contribution in [2.45, 2.75) is 19.8 Å². The molecule has 24 heavy (non-hydrogen) atoms. The number of amides is 2. The van der Waals surface area contributed by atoms with Crippen LogP contribution in [0.5, 0.6) is 0 Å². The molecular formula is C17H20N4O3. The molecule has 4 rings (SSSR count). The number of rotatable bonds is 2. The zero-order valence-electron chi connectivity index (χ0n) is 13.9. The summed E-state index contributed by atoms with van der Waals surface area (Å²) in [6, 6.07) is 1.70. The van der Waals surface area contributed by atoms with Gasteiger partial charge in [-0.05, 0) is 25.8 Å². The fraction of sp³-hybridized carbons (Fsp3) is 0.471. The lowest BCUT2D eigenvalue weighted by molar-refractivity contribution is -0.124. The van der Waals surface area contributed by atoms with E-state index in [1.165, 1.54) is 6.26 Å². The van der Waals surface area contributed by atoms with Gasteiger partial charge in [-0.3, -0.25) is 14.3 Å². The van der Waals surface area contributed by atoms with Gasteiger partial charge in [-0.1, -0.05) is 0 Å². The number of furan rings is 1. The van der Waals surface area contributed by atoms with Gasteiger partial charge in [0.1, 0.15) is 5.76 Å². The standard InChI is InChI=1S/C17H20N4O3/c1-12-14(3-8-24-12)15(22)20-6-4-17(11-20)5-7-21(16(17)23)13-9-18-19(2)10-13/h3,8-10H,4-7,11H2,1-2H3/t17-/m1/s1. The van der Waals surface area contributed by atoms with E-state index in [1.54, 1.807) is 33.7 Å². The average molecular weight is 328 g/mol. The molecule has 2 aromatic rings. The molecule has 7 heteroatoms. The summed E-state index contributed by atoms with van der Waals surface area (Å²) in [5, 5.41) is 4.15. The predicted octanol–water partition coefficient (Wildman–Crippen LogP) is 1.59. The Morgan fingerprint density at radius 3 is 2.79 bits per heavy atom. The highest BCUT2D eigenvalue weighted by atomic mass is 16.3. The molecular weight excluding hydrogens is 308 g/mol. The number of aromatic nitrogens is 2. The minimum absolute atomic E-state index is 0.0502. The van der Waals surface area contributed by atoms with Crippen molar-refractivity contribution in [2.75, 3.05) is 24.5 Å². The van der Waals surface area contributed by atoms with Crippen LogP contribution in [0.1, 0.15) is 29.0 Å². The molecule has 2 fully saturated rings. The van der Waals surface area contributed by atoms with Crippen molar-refractivity contribution in [3.05, 3.63) is 36.0 Å². The molecule has 0 radical (unpaired) electrons. The summed E-state index contributed by atoms with van der Waals surface area (Å²) < 4.78 is 6.92. The van der Waals surface area contributed by atoms with E-state index in [1.807, 2.05) is 13.2 Å². The van der Waals surface area contributed by atoms with Crippen molar-refractivity contribution in [3.8, 4) is 0 Å². The van der Waals surface area contributed by atoms with Gasteiger partial charge < -0.3 is 14.2 Å². The normalized spacial score (nSPS) is 23.7. The third kappa shape index (κ3) is 2.15. The number of likely N-dealkylation sites (tertiary alicyclic amines) is 1. The Labute approximate surface area is 139 Å². The Morgan fingerprint density at radius 1 is 1.33 bits per heavy atom. The molecule has 2 aromatic heterocycles. The number of anilines is 1. The van der Waals surface area contributed by atoms with Crippen molar-refractivity contribution < 1.29 is 14.0 Å². The van der Waals surface area contributed by atoms with E-state index in [-0.39, 0.29) is 11.8 Å². The van der Waals surface area contributed by atoms with E-state index in [4.69, 9.17) is 4.42 Å². The molecule has 2 aliphatic rings. The second kappa shape index (κ2) is 5.22. The van der Waals surface area contributed by atoms with Crippen LogP contribution in [0.4, 0.5) is 5.69 Å². The maximum Gasteiger partial charge on any atom is 0.257 e. The van der Waals surface area contributed by atoms with Gasteiger partial charge in [0.15, 0.2) is 0 Å². The van der Waals surface area contributed by atoms with Gasteiger partial charge in [-0.15, -0.1) is 0 Å². The van der Waals surface area contributed by atoms with Crippen LogP contribution < -0.4 is 4.90 Å². The highest BCUT2D eigenvalue weighted by Gasteiger charge is 2.52. The van der Waals surface area contributed by atoms with Crippen LogP contribution in [0.25, 0.3) is 0 Å². The van der Waals surface area contributed by atoms with Gasteiger partial charge in [0, 0.05) is 32.9 Å². The van der Waals surface area contributed by atoms with Crippen molar-refractivity contribution in [3.63, 3.8) is 0 Å². The van der Waals surface area contributed by atoms with Crippen molar-refractivity contribution in [1.82, 2.24) is 14.7 Å². The van der Waals surface area contributed by atoms with Gasteiger partial charge in [-0.25, -0.2) is 0 Å². The van der Waals surface area contributed by atoms with Gasteiger partial charge in [-0.2, -0.15) is 5.10 Å². The minimum Gasteiger partial charge on any atom is -0.469 e. The van der Waals surface area contributed by atoms with E-state index >= 15 is 0 Å². The van der Waals surface area contributed by atoms with Crippen LogP contribution in [0.15, 0.2) is 29.1 Å². The number of aryl methyl sites for hydroxylation is 2. The minimum atomic E-state index is -0.455. The maximum atomic E-state index is 13.0. The summed E-state index contributed by atoms with van der Waals surface area (Å²) in [5.41, 5.74) is 0.958. The maximum absolute atomic E-state index is 13.0. The molecule has 0 unspecified atom stereocenters. The largest absolute Gasteiger partial charge is 0.469 e. The first kappa shape index (κ1) is 15.0. The molecule has 2 saturated heterocycles. The molecule has 1 atom stereocenters. The highest BCUT2D eigenvalue weighted by molar-refractivity contribution is 6.01. The smallest absolute Gasteiger partial charge is 0.257 e. The van der Waals surface area contributed by atoms with Crippen LogP contribution in [0.2, 0.25) is 0 Å². The zero-order chi connectivity index (χ0) is 16.9. The van der Waals surface area contributed by atoms with Crippen LogP contribution in [-0.2, 0) is 11.8 Å². The van der Waals surface area contributed by atoms with Crippen LogP contribution in [0, 0.1) is 12.3 Å². The Bertz CT molecular complexity index is 808. The highest BCUT2D eigenvalue weighted by Crippen LogP contribution is 2.42. The summed E-state index contributed by atoms with van der Waals surface area (Å²) >= 11 is 0. The van der Waals surface area contributed by atoms with E-state index in [0.29, 0.717) is 37.4 Å². The SMILES string of the molecule is Cc1occc1C(=O)N1CC[C@@]2(CCN(c3cnn(C)c3)C2=O)C1. The number of carbonyl (C=O) groups excluding carboxylic acids is 2. The Balaban J connectivity index is 1.53. The lowest BCUT2D eigenvalue weighted by Gasteiger charge is -2.23. The molecule has 7 nitrogen and oxygen atoms in total. The summed E-state index contributed by atoms with van der Waals surface area (Å²) in [4.78, 5) is 29.2. The van der Waals surface area contributed by atoms with Crippen molar-refractivity contribution in [1.29, 1.82) is 0 Å². The molecule has 0 aliphatic carbocycles. The van der Waals surface area contributed by atoms with Crippen LogP contribution >= 0.6 is 0 Å². The molecule has 2 aliphatic heterocycles. The fourth-order valence-corrected chi connectivity index (χ4v) is 3.82. The van der Waals surface area contributed by atoms with Crippen LogP contribution in [-0.4, -0.2) is 46.1 Å². The number of hydrogen-bond acceptors (Lipinski definition) is 4. The van der Waals surface area contributed by atoms with Gasteiger partial charge in [0.05, 0.1) is 29.1 Å². The Hall–Kier alpha value is -2.57. The molecule has 0 bridgehead atoms. The third-order valence-electron chi connectivity index (χ3n) is 5.25. The van der Waals surface area contributed by atoms with Gasteiger partial charge in [0.25, 0.3) is 5.91 Å². The molecule has 4 heterocycles. The quantitative estimate of drug-likeness (QED) is 0.839. The predicted molar refractivity (Wildman–Crippen MR) is 86.6 cm³/mol. The first-order chi connectivity index (χ1) is 11.5. The number of nitrogens with zero attached hydrogens (tertiary/aromatic N) is 4. The Kier molecular flexibility index (Phi) is 3.26.